The van der Waals surface area contributed by atoms with Crippen LogP contribution in [0.1, 0.15) is 15.9 Å². The first kappa shape index (κ1) is 13.0. The summed E-state index contributed by atoms with van der Waals surface area (Å²) in [4.78, 5) is 12.0. The standard InChI is InChI=1S/C15H15NO3/c1-18-14-9-12(16)7-8-13(14)15(17)19-10-11-5-3-2-4-6-11/h2-9H,10,16H2,1H3. The second kappa shape index (κ2) is 5.91. The molecule has 98 valence electrons. The summed E-state index contributed by atoms with van der Waals surface area (Å²) in [5, 5.41) is 0. The summed E-state index contributed by atoms with van der Waals surface area (Å²) < 4.78 is 10.4. The maximum absolute atomic E-state index is 12.0. The van der Waals surface area contributed by atoms with Crippen molar-refractivity contribution in [3.05, 3.63) is 59.7 Å². The molecule has 0 aliphatic carbocycles. The lowest BCUT2D eigenvalue weighted by atomic mass is 10.2. The quantitative estimate of drug-likeness (QED) is 0.675. The Morgan fingerprint density at radius 3 is 2.58 bits per heavy atom. The average molecular weight is 257 g/mol. The fraction of sp³-hybridized carbons (Fsp3) is 0.133. The van der Waals surface area contributed by atoms with Crippen LogP contribution >= 0.6 is 0 Å². The lowest BCUT2D eigenvalue weighted by Gasteiger charge is -2.09. The lowest BCUT2D eigenvalue weighted by molar-refractivity contribution is 0.0469. The van der Waals surface area contributed by atoms with E-state index in [1.165, 1.54) is 7.11 Å². The molecule has 0 amide bonds. The van der Waals surface area contributed by atoms with Gasteiger partial charge in [-0.25, -0.2) is 4.79 Å². The molecule has 2 aromatic carbocycles. The molecule has 0 heterocycles. The van der Waals surface area contributed by atoms with Crippen LogP contribution in [-0.2, 0) is 11.3 Å². The number of hydrogen-bond acceptors (Lipinski definition) is 4. The lowest BCUT2D eigenvalue weighted by Crippen LogP contribution is -2.07. The van der Waals surface area contributed by atoms with Gasteiger partial charge in [0, 0.05) is 11.8 Å². The molecule has 0 aromatic heterocycles. The normalized spacial score (nSPS) is 9.95. The van der Waals surface area contributed by atoms with E-state index in [9.17, 15) is 4.79 Å². The van der Waals surface area contributed by atoms with Crippen molar-refractivity contribution < 1.29 is 14.3 Å². The monoisotopic (exact) mass is 257 g/mol. The molecule has 19 heavy (non-hydrogen) atoms. The minimum Gasteiger partial charge on any atom is -0.496 e. The van der Waals surface area contributed by atoms with E-state index in [0.29, 0.717) is 17.0 Å². The van der Waals surface area contributed by atoms with Crippen molar-refractivity contribution in [2.45, 2.75) is 6.61 Å². The number of hydrogen-bond donors (Lipinski definition) is 1. The maximum atomic E-state index is 12.0. The van der Waals surface area contributed by atoms with E-state index in [1.54, 1.807) is 18.2 Å². The van der Waals surface area contributed by atoms with Crippen molar-refractivity contribution in [3.63, 3.8) is 0 Å². The Bertz CT molecular complexity index is 567. The minimum absolute atomic E-state index is 0.229. The van der Waals surface area contributed by atoms with Crippen LogP contribution in [0.25, 0.3) is 0 Å². The van der Waals surface area contributed by atoms with Gasteiger partial charge in [-0.1, -0.05) is 30.3 Å². The highest BCUT2D eigenvalue weighted by Crippen LogP contribution is 2.22. The van der Waals surface area contributed by atoms with E-state index < -0.39 is 5.97 Å². The van der Waals surface area contributed by atoms with Crippen LogP contribution in [0.2, 0.25) is 0 Å². The first-order valence-corrected chi connectivity index (χ1v) is 5.85. The second-order valence-corrected chi connectivity index (χ2v) is 4.02. The van der Waals surface area contributed by atoms with Crippen molar-refractivity contribution in [2.75, 3.05) is 12.8 Å². The van der Waals surface area contributed by atoms with Crippen LogP contribution in [0.15, 0.2) is 48.5 Å². The molecule has 0 fully saturated rings. The Balaban J connectivity index is 2.08. The van der Waals surface area contributed by atoms with Gasteiger partial charge in [-0.05, 0) is 17.7 Å². The smallest absolute Gasteiger partial charge is 0.342 e. The number of nitrogens with two attached hydrogens (primary N) is 1. The summed E-state index contributed by atoms with van der Waals surface area (Å²) in [6.07, 6.45) is 0. The van der Waals surface area contributed by atoms with Crippen molar-refractivity contribution in [2.24, 2.45) is 0 Å². The first-order chi connectivity index (χ1) is 9.20. The number of methoxy groups -OCH3 is 1. The Morgan fingerprint density at radius 2 is 1.89 bits per heavy atom. The molecule has 0 radical (unpaired) electrons. The zero-order valence-corrected chi connectivity index (χ0v) is 10.6. The molecule has 2 N–H and O–H groups in total. The summed E-state index contributed by atoms with van der Waals surface area (Å²) in [5.74, 6) is -0.0150. The van der Waals surface area contributed by atoms with Gasteiger partial charge < -0.3 is 15.2 Å². The second-order valence-electron chi connectivity index (χ2n) is 4.02. The predicted octanol–water partition coefficient (Wildman–Crippen LogP) is 2.63. The predicted molar refractivity (Wildman–Crippen MR) is 73.0 cm³/mol. The molecule has 0 spiro atoms. The van der Waals surface area contributed by atoms with Gasteiger partial charge in [0.05, 0.1) is 7.11 Å². The van der Waals surface area contributed by atoms with Crippen molar-refractivity contribution in [1.29, 1.82) is 0 Å². The van der Waals surface area contributed by atoms with E-state index in [2.05, 4.69) is 0 Å². The van der Waals surface area contributed by atoms with Crippen molar-refractivity contribution in [1.82, 2.24) is 0 Å². The highest BCUT2D eigenvalue weighted by molar-refractivity contribution is 5.93. The third kappa shape index (κ3) is 3.25. The summed E-state index contributed by atoms with van der Waals surface area (Å²) in [6, 6.07) is 14.3. The zero-order chi connectivity index (χ0) is 13.7. The molecule has 0 saturated heterocycles. The molecule has 0 aliphatic rings. The maximum Gasteiger partial charge on any atom is 0.342 e. The largest absolute Gasteiger partial charge is 0.496 e. The number of carbonyl (C=O) groups is 1. The van der Waals surface area contributed by atoms with E-state index in [-0.39, 0.29) is 6.61 Å². The number of nitrogen functional groups attached to an aromatic ring is 1. The van der Waals surface area contributed by atoms with Crippen LogP contribution in [0.5, 0.6) is 5.75 Å². The van der Waals surface area contributed by atoms with E-state index in [1.807, 2.05) is 30.3 Å². The fourth-order valence-corrected chi connectivity index (χ4v) is 1.68. The molecule has 4 nitrogen and oxygen atoms in total. The van der Waals surface area contributed by atoms with E-state index in [4.69, 9.17) is 15.2 Å². The molecule has 2 rings (SSSR count). The SMILES string of the molecule is COc1cc(N)ccc1C(=O)OCc1ccccc1. The van der Waals surface area contributed by atoms with Gasteiger partial charge in [-0.2, -0.15) is 0 Å². The average Bonchev–Trinajstić information content (AvgIpc) is 2.45. The highest BCUT2D eigenvalue weighted by atomic mass is 16.5. The first-order valence-electron chi connectivity index (χ1n) is 5.85. The van der Waals surface area contributed by atoms with E-state index >= 15 is 0 Å². The molecule has 0 bridgehead atoms. The third-order valence-corrected chi connectivity index (χ3v) is 2.66. The Morgan fingerprint density at radius 1 is 1.16 bits per heavy atom. The Labute approximate surface area is 111 Å². The van der Waals surface area contributed by atoms with Gasteiger partial charge in [0.15, 0.2) is 0 Å². The van der Waals surface area contributed by atoms with E-state index in [0.717, 1.165) is 5.56 Å². The number of benzene rings is 2. The number of anilines is 1. The molecular weight excluding hydrogens is 242 g/mol. The summed E-state index contributed by atoms with van der Waals surface area (Å²) >= 11 is 0. The van der Waals surface area contributed by atoms with Gasteiger partial charge >= 0.3 is 5.97 Å². The summed E-state index contributed by atoms with van der Waals surface area (Å²) in [7, 11) is 1.49. The number of esters is 1. The van der Waals surface area contributed by atoms with Crippen molar-refractivity contribution in [3.8, 4) is 5.75 Å². The van der Waals surface area contributed by atoms with Crippen LogP contribution in [0.3, 0.4) is 0 Å². The molecule has 0 saturated carbocycles. The number of ether oxygens (including phenoxy) is 2. The minimum atomic E-state index is -0.430. The number of rotatable bonds is 4. The molecule has 4 heteroatoms. The third-order valence-electron chi connectivity index (χ3n) is 2.66. The molecule has 0 unspecified atom stereocenters. The van der Waals surface area contributed by atoms with Crippen LogP contribution < -0.4 is 10.5 Å². The van der Waals surface area contributed by atoms with Crippen LogP contribution in [0.4, 0.5) is 5.69 Å². The summed E-state index contributed by atoms with van der Waals surface area (Å²) in [5.41, 5.74) is 7.48. The molecule has 0 atom stereocenters. The summed E-state index contributed by atoms with van der Waals surface area (Å²) in [6.45, 7) is 0.229. The van der Waals surface area contributed by atoms with Crippen molar-refractivity contribution >= 4 is 11.7 Å². The van der Waals surface area contributed by atoms with Gasteiger partial charge in [-0.3, -0.25) is 0 Å². The molecule has 2 aromatic rings. The van der Waals surface area contributed by atoms with Crippen LogP contribution in [0, 0.1) is 0 Å². The van der Waals surface area contributed by atoms with Gasteiger partial charge in [0.2, 0.25) is 0 Å². The van der Waals surface area contributed by atoms with Gasteiger partial charge in [-0.15, -0.1) is 0 Å². The van der Waals surface area contributed by atoms with Crippen LogP contribution in [-0.4, -0.2) is 13.1 Å². The molecular formula is C15H15NO3. The topological polar surface area (TPSA) is 61.5 Å². The Kier molecular flexibility index (Phi) is 4.03. The molecule has 0 aliphatic heterocycles. The van der Waals surface area contributed by atoms with Gasteiger partial charge in [0.25, 0.3) is 0 Å². The highest BCUT2D eigenvalue weighted by Gasteiger charge is 2.13. The fourth-order valence-electron chi connectivity index (χ4n) is 1.68. The van der Waals surface area contributed by atoms with Gasteiger partial charge in [0.1, 0.15) is 17.9 Å². The number of carbonyl (C=O) groups excluding carboxylic acids is 1. The Hall–Kier alpha value is -2.49. The zero-order valence-electron chi connectivity index (χ0n) is 10.6.